The van der Waals surface area contributed by atoms with Crippen LogP contribution in [-0.2, 0) is 9.53 Å². The molecule has 2 nitrogen and oxygen atoms in total. The van der Waals surface area contributed by atoms with Crippen LogP contribution < -0.4 is 0 Å². The van der Waals surface area contributed by atoms with E-state index in [1.807, 2.05) is 0 Å². The van der Waals surface area contributed by atoms with E-state index in [-0.39, 0.29) is 11.8 Å². The van der Waals surface area contributed by atoms with E-state index in [4.69, 9.17) is 0 Å². The number of hydrogen-bond donors (Lipinski definition) is 0. The van der Waals surface area contributed by atoms with Crippen LogP contribution in [-0.4, -0.2) is 60.5 Å². The Morgan fingerprint density at radius 2 is 1.22 bits per heavy atom. The van der Waals surface area contributed by atoms with Gasteiger partial charge in [0, 0.05) is 0 Å². The highest BCUT2D eigenvalue weighted by atomic mass is 19.4. The lowest BCUT2D eigenvalue weighted by molar-refractivity contribution is -0.447. The number of carbonyl (C=O) groups excluding carboxylic acids is 1. The molecule has 4 fully saturated rings. The van der Waals surface area contributed by atoms with E-state index < -0.39 is 83.6 Å². The first-order valence-electron chi connectivity index (χ1n) is 10.3. The predicted octanol–water partition coefficient (Wildman–Crippen LogP) is 6.78. The molecule has 0 aromatic carbocycles. The standard InChI is InChI=1S/C19H16F16O2/c1-5-7-3-8-9(5)13(8,6(7)2)11(36)37-4-12(22,23)15(26,27)17(30,31)19(34,35)18(32,33)16(28,29)14(24,25)10(20)21/h5-10H,3-4H2,1-2H3. The molecule has 0 aliphatic heterocycles. The Morgan fingerprint density at radius 1 is 0.784 bits per heavy atom. The van der Waals surface area contributed by atoms with E-state index in [9.17, 15) is 75.0 Å². The Hall–Kier alpha value is -1.65. The molecule has 0 aromatic rings. The summed E-state index contributed by atoms with van der Waals surface area (Å²) in [5, 5.41) is 0. The number of esters is 1. The van der Waals surface area contributed by atoms with Crippen LogP contribution in [0.4, 0.5) is 70.2 Å². The van der Waals surface area contributed by atoms with Gasteiger partial charge in [-0.3, -0.25) is 4.79 Å². The smallest absolute Gasteiger partial charge is 0.385 e. The lowest BCUT2D eigenvalue weighted by atomic mass is 9.89. The minimum atomic E-state index is -8.46. The lowest BCUT2D eigenvalue weighted by Crippen LogP contribution is -2.74. The number of carbonyl (C=O) groups is 1. The second-order valence-corrected chi connectivity index (χ2v) is 9.69. The van der Waals surface area contributed by atoms with Gasteiger partial charge in [-0.25, -0.2) is 8.78 Å². The zero-order valence-corrected chi connectivity index (χ0v) is 18.2. The van der Waals surface area contributed by atoms with Gasteiger partial charge < -0.3 is 4.74 Å². The quantitative estimate of drug-likeness (QED) is 0.211. The van der Waals surface area contributed by atoms with Crippen LogP contribution in [0.5, 0.6) is 0 Å². The van der Waals surface area contributed by atoms with E-state index in [1.54, 1.807) is 6.92 Å². The maximum Gasteiger partial charge on any atom is 0.385 e. The van der Waals surface area contributed by atoms with E-state index in [1.165, 1.54) is 6.92 Å². The van der Waals surface area contributed by atoms with Gasteiger partial charge in [0.05, 0.1) is 5.41 Å². The lowest BCUT2D eigenvalue weighted by Gasteiger charge is -2.42. The molecule has 4 bridgehead atoms. The fraction of sp³-hybridized carbons (Fsp3) is 0.947. The van der Waals surface area contributed by atoms with Gasteiger partial charge in [0.25, 0.3) is 0 Å². The van der Waals surface area contributed by atoms with Crippen molar-refractivity contribution >= 4 is 5.97 Å². The van der Waals surface area contributed by atoms with Gasteiger partial charge >= 0.3 is 53.9 Å². The monoisotopic (exact) mass is 580 g/mol. The van der Waals surface area contributed by atoms with Crippen LogP contribution in [0, 0.1) is 35.0 Å². The molecular formula is C19H16F16O2. The molecule has 37 heavy (non-hydrogen) atoms. The molecule has 0 saturated heterocycles. The van der Waals surface area contributed by atoms with Gasteiger partial charge in [-0.05, 0) is 36.0 Å². The zero-order chi connectivity index (χ0) is 29.2. The summed E-state index contributed by atoms with van der Waals surface area (Å²) in [5.41, 5.74) is -1.45. The highest BCUT2D eigenvalue weighted by Gasteiger charge is 2.94. The molecule has 0 spiro atoms. The third kappa shape index (κ3) is 3.18. The average Bonchev–Trinajstić information content (AvgIpc) is 3.04. The predicted molar refractivity (Wildman–Crippen MR) is 87.4 cm³/mol. The normalized spacial score (nSPS) is 32.8. The molecule has 6 unspecified atom stereocenters. The summed E-state index contributed by atoms with van der Waals surface area (Å²) in [7, 11) is 0. The van der Waals surface area contributed by atoms with Crippen LogP contribution in [0.15, 0.2) is 0 Å². The summed E-state index contributed by atoms with van der Waals surface area (Å²) >= 11 is 0. The molecule has 4 rings (SSSR count). The van der Waals surface area contributed by atoms with Gasteiger partial charge in [0.2, 0.25) is 0 Å². The van der Waals surface area contributed by atoms with Gasteiger partial charge in [-0.1, -0.05) is 13.8 Å². The topological polar surface area (TPSA) is 26.3 Å². The van der Waals surface area contributed by atoms with Crippen LogP contribution in [0.1, 0.15) is 20.3 Å². The van der Waals surface area contributed by atoms with E-state index in [0.29, 0.717) is 6.42 Å². The number of halogens is 16. The van der Waals surface area contributed by atoms with Crippen molar-refractivity contribution in [2.45, 2.75) is 68.2 Å². The van der Waals surface area contributed by atoms with Crippen LogP contribution in [0.25, 0.3) is 0 Å². The van der Waals surface area contributed by atoms with Crippen LogP contribution >= 0.6 is 0 Å². The van der Waals surface area contributed by atoms with Gasteiger partial charge in [0.1, 0.15) is 0 Å². The molecule has 0 N–H and O–H groups in total. The minimum Gasteiger partial charge on any atom is -0.459 e. The molecule has 0 radical (unpaired) electrons. The fourth-order valence-electron chi connectivity index (χ4n) is 6.10. The Balaban J connectivity index is 1.86. The second-order valence-electron chi connectivity index (χ2n) is 9.69. The molecule has 4 aliphatic rings. The van der Waals surface area contributed by atoms with Crippen molar-refractivity contribution in [3.05, 3.63) is 0 Å². The maximum atomic E-state index is 14.0. The Kier molecular flexibility index (Phi) is 6.24. The van der Waals surface area contributed by atoms with Crippen LogP contribution in [0.2, 0.25) is 0 Å². The summed E-state index contributed by atoms with van der Waals surface area (Å²) in [5.74, 6) is -58.4. The fourth-order valence-corrected chi connectivity index (χ4v) is 6.10. The molecule has 18 heteroatoms. The van der Waals surface area contributed by atoms with Crippen LogP contribution in [0.3, 0.4) is 0 Å². The number of ether oxygens (including phenoxy) is 1. The molecule has 0 aromatic heterocycles. The van der Waals surface area contributed by atoms with Crippen molar-refractivity contribution in [2.24, 2.45) is 35.0 Å². The van der Waals surface area contributed by atoms with Gasteiger partial charge in [-0.15, -0.1) is 0 Å². The molecular weight excluding hydrogens is 564 g/mol. The van der Waals surface area contributed by atoms with E-state index >= 15 is 0 Å². The van der Waals surface area contributed by atoms with Crippen molar-refractivity contribution in [1.29, 1.82) is 0 Å². The van der Waals surface area contributed by atoms with Gasteiger partial charge in [-0.2, -0.15) is 61.5 Å². The summed E-state index contributed by atoms with van der Waals surface area (Å²) in [6, 6.07) is 0. The molecule has 0 heterocycles. The number of rotatable bonds is 10. The van der Waals surface area contributed by atoms with Crippen molar-refractivity contribution in [3.8, 4) is 0 Å². The Bertz CT molecular complexity index is 942. The third-order valence-electron chi connectivity index (χ3n) is 8.12. The minimum absolute atomic E-state index is 0.0946. The molecule has 6 atom stereocenters. The maximum absolute atomic E-state index is 14.0. The average molecular weight is 580 g/mol. The Labute approximate surface area is 196 Å². The highest BCUT2D eigenvalue weighted by Crippen LogP contribution is 2.83. The van der Waals surface area contributed by atoms with Gasteiger partial charge in [0.15, 0.2) is 6.61 Å². The first-order valence-corrected chi connectivity index (χ1v) is 10.3. The first-order chi connectivity index (χ1) is 16.2. The van der Waals surface area contributed by atoms with E-state index in [0.717, 1.165) is 0 Å². The number of alkyl halides is 16. The highest BCUT2D eigenvalue weighted by molar-refractivity contribution is 5.84. The SMILES string of the molecule is CC1C2CC3C1C3(C(=O)OCC(F)(F)C(F)(F)C(F)(F)C(F)(F)C(F)(F)C(F)(F)C(F)(F)C(F)F)C2C. The number of hydrogen-bond acceptors (Lipinski definition) is 2. The molecule has 0 amide bonds. The summed E-state index contributed by atoms with van der Waals surface area (Å²) < 4.78 is 218. The summed E-state index contributed by atoms with van der Waals surface area (Å²) in [6.45, 7) is 0.0771. The van der Waals surface area contributed by atoms with Crippen molar-refractivity contribution in [3.63, 3.8) is 0 Å². The summed E-state index contributed by atoms with van der Waals surface area (Å²) in [4.78, 5) is 12.4. The first kappa shape index (κ1) is 29.9. The third-order valence-corrected chi connectivity index (χ3v) is 8.12. The molecule has 4 saturated carbocycles. The molecule has 216 valence electrons. The Morgan fingerprint density at radius 3 is 1.57 bits per heavy atom. The molecule has 4 aliphatic carbocycles. The van der Waals surface area contributed by atoms with Crippen molar-refractivity contribution < 1.29 is 79.8 Å². The zero-order valence-electron chi connectivity index (χ0n) is 18.2. The largest absolute Gasteiger partial charge is 0.459 e. The van der Waals surface area contributed by atoms with E-state index in [2.05, 4.69) is 4.74 Å². The second kappa shape index (κ2) is 7.72. The van der Waals surface area contributed by atoms with Crippen molar-refractivity contribution in [2.75, 3.05) is 6.61 Å². The van der Waals surface area contributed by atoms with Crippen molar-refractivity contribution in [1.82, 2.24) is 0 Å². The summed E-state index contributed by atoms with van der Waals surface area (Å²) in [6.07, 6.45) is -5.47.